The Labute approximate surface area is 118 Å². The van der Waals surface area contributed by atoms with Crippen LogP contribution in [0.1, 0.15) is 11.1 Å². The number of halogens is 2. The smallest absolute Gasteiger partial charge is 0.265 e. The van der Waals surface area contributed by atoms with Gasteiger partial charge in [0, 0.05) is 18.6 Å². The molecule has 0 bridgehead atoms. The van der Waals surface area contributed by atoms with Crippen LogP contribution in [0, 0.1) is 6.92 Å². The summed E-state index contributed by atoms with van der Waals surface area (Å²) in [6.07, 6.45) is 4.81. The van der Waals surface area contributed by atoms with E-state index in [2.05, 4.69) is 20.9 Å². The molecule has 4 nitrogen and oxygen atoms in total. The molecule has 2 rings (SSSR count). The predicted molar refractivity (Wildman–Crippen MR) is 75.9 cm³/mol. The van der Waals surface area contributed by atoms with Crippen molar-refractivity contribution in [3.05, 3.63) is 55.6 Å². The van der Waals surface area contributed by atoms with E-state index in [1.54, 1.807) is 31.6 Å². The zero-order chi connectivity index (χ0) is 13.3. The van der Waals surface area contributed by atoms with E-state index in [4.69, 9.17) is 17.3 Å². The number of nitrogens with zero attached hydrogens (tertiary/aromatic N) is 2. The molecule has 2 heterocycles. The van der Waals surface area contributed by atoms with E-state index < -0.39 is 0 Å². The summed E-state index contributed by atoms with van der Waals surface area (Å²) < 4.78 is 2.00. The molecule has 94 valence electrons. The maximum atomic E-state index is 12.1. The highest BCUT2D eigenvalue weighted by atomic mass is 79.9. The minimum atomic E-state index is -0.130. The molecular formula is C12H11BrClN3O. The summed E-state index contributed by atoms with van der Waals surface area (Å²) in [5.74, 6) is 0. The van der Waals surface area contributed by atoms with Gasteiger partial charge in [-0.05, 0) is 40.0 Å². The highest BCUT2D eigenvalue weighted by Gasteiger charge is 2.09. The van der Waals surface area contributed by atoms with E-state index >= 15 is 0 Å². The summed E-state index contributed by atoms with van der Waals surface area (Å²) in [5, 5.41) is 0.527. The van der Waals surface area contributed by atoms with Crippen LogP contribution in [-0.4, -0.2) is 9.55 Å². The van der Waals surface area contributed by atoms with Crippen LogP contribution < -0.4 is 11.3 Å². The zero-order valence-electron chi connectivity index (χ0n) is 9.65. The van der Waals surface area contributed by atoms with Crippen LogP contribution >= 0.6 is 27.5 Å². The summed E-state index contributed by atoms with van der Waals surface area (Å²) >= 11 is 9.27. The van der Waals surface area contributed by atoms with Gasteiger partial charge in [0.1, 0.15) is 0 Å². The Bertz CT molecular complexity index is 654. The number of hydrogen-bond donors (Lipinski definition) is 1. The first-order valence-corrected chi connectivity index (χ1v) is 6.41. The molecule has 0 atom stereocenters. The molecule has 0 spiro atoms. The quantitative estimate of drug-likeness (QED) is 0.922. The average Bonchev–Trinajstić information content (AvgIpc) is 2.36. The number of nitrogens with two attached hydrogens (primary N) is 1. The molecule has 2 aromatic heterocycles. The molecule has 0 radical (unpaired) electrons. The Morgan fingerprint density at radius 2 is 2.28 bits per heavy atom. The molecule has 18 heavy (non-hydrogen) atoms. The van der Waals surface area contributed by atoms with E-state index in [1.807, 2.05) is 0 Å². The van der Waals surface area contributed by atoms with Crippen LogP contribution in [0.25, 0.3) is 0 Å². The number of anilines is 1. The maximum Gasteiger partial charge on any atom is 0.265 e. The molecule has 6 heteroatoms. The molecule has 0 unspecified atom stereocenters. The molecule has 0 aromatic carbocycles. The molecule has 0 amide bonds. The second kappa shape index (κ2) is 5.12. The standard InChI is InChI=1S/C12H11BrClN3O/c1-7-10(15)6-17(12(18)11(7)13)5-8-2-3-16-4-9(8)14/h2-4,6H,5,15H2,1H3. The first kappa shape index (κ1) is 13.1. The van der Waals surface area contributed by atoms with Gasteiger partial charge in [-0.15, -0.1) is 0 Å². The fourth-order valence-electron chi connectivity index (χ4n) is 1.57. The van der Waals surface area contributed by atoms with Crippen molar-refractivity contribution in [3.63, 3.8) is 0 Å². The first-order valence-electron chi connectivity index (χ1n) is 5.24. The van der Waals surface area contributed by atoms with Crippen LogP contribution in [0.2, 0.25) is 5.02 Å². The predicted octanol–water partition coefficient (Wildman–Crippen LogP) is 2.60. The SMILES string of the molecule is Cc1c(N)cn(Cc2ccncc2Cl)c(=O)c1Br. The van der Waals surface area contributed by atoms with Crippen molar-refractivity contribution in [2.45, 2.75) is 13.5 Å². The van der Waals surface area contributed by atoms with Crippen molar-refractivity contribution in [3.8, 4) is 0 Å². The lowest BCUT2D eigenvalue weighted by molar-refractivity contribution is 0.753. The summed E-state index contributed by atoms with van der Waals surface area (Å²) in [7, 11) is 0. The van der Waals surface area contributed by atoms with Crippen molar-refractivity contribution in [1.82, 2.24) is 9.55 Å². The van der Waals surface area contributed by atoms with Gasteiger partial charge in [0.05, 0.1) is 21.7 Å². The molecule has 0 fully saturated rings. The molecule has 0 saturated carbocycles. The van der Waals surface area contributed by atoms with E-state index in [1.165, 1.54) is 4.57 Å². The topological polar surface area (TPSA) is 60.9 Å². The lowest BCUT2D eigenvalue weighted by atomic mass is 10.2. The summed E-state index contributed by atoms with van der Waals surface area (Å²) in [6.45, 7) is 2.16. The number of pyridine rings is 2. The van der Waals surface area contributed by atoms with Gasteiger partial charge in [-0.25, -0.2) is 0 Å². The minimum Gasteiger partial charge on any atom is -0.397 e. The van der Waals surface area contributed by atoms with Gasteiger partial charge in [-0.2, -0.15) is 0 Å². The highest BCUT2D eigenvalue weighted by Crippen LogP contribution is 2.19. The molecule has 0 aliphatic carbocycles. The molecule has 0 aliphatic rings. The Hall–Kier alpha value is -1.33. The van der Waals surface area contributed by atoms with Gasteiger partial charge in [-0.3, -0.25) is 9.78 Å². The second-order valence-electron chi connectivity index (χ2n) is 3.92. The monoisotopic (exact) mass is 327 g/mol. The van der Waals surface area contributed by atoms with E-state index in [9.17, 15) is 4.79 Å². The number of rotatable bonds is 2. The van der Waals surface area contributed by atoms with E-state index in [0.29, 0.717) is 21.7 Å². The Kier molecular flexibility index (Phi) is 3.73. The number of nitrogen functional groups attached to an aromatic ring is 1. The molecular weight excluding hydrogens is 318 g/mol. The van der Waals surface area contributed by atoms with Crippen molar-refractivity contribution >= 4 is 33.2 Å². The van der Waals surface area contributed by atoms with Crippen LogP contribution in [0.5, 0.6) is 0 Å². The first-order chi connectivity index (χ1) is 8.50. The van der Waals surface area contributed by atoms with Crippen molar-refractivity contribution in [2.24, 2.45) is 0 Å². The van der Waals surface area contributed by atoms with E-state index in [0.717, 1.165) is 11.1 Å². The van der Waals surface area contributed by atoms with Gasteiger partial charge in [-0.1, -0.05) is 11.6 Å². The van der Waals surface area contributed by atoms with Crippen molar-refractivity contribution in [2.75, 3.05) is 5.73 Å². The Morgan fingerprint density at radius 3 is 2.94 bits per heavy atom. The van der Waals surface area contributed by atoms with Crippen LogP contribution in [0.15, 0.2) is 33.9 Å². The van der Waals surface area contributed by atoms with Gasteiger partial charge >= 0.3 is 0 Å². The third kappa shape index (κ3) is 2.42. The highest BCUT2D eigenvalue weighted by molar-refractivity contribution is 9.10. The molecule has 0 saturated heterocycles. The minimum absolute atomic E-state index is 0.130. The fourth-order valence-corrected chi connectivity index (χ4v) is 2.21. The van der Waals surface area contributed by atoms with Crippen LogP contribution in [-0.2, 0) is 6.54 Å². The lowest BCUT2D eigenvalue weighted by Gasteiger charge is -2.11. The normalized spacial score (nSPS) is 10.6. The number of aromatic nitrogens is 2. The fraction of sp³-hybridized carbons (Fsp3) is 0.167. The van der Waals surface area contributed by atoms with Crippen molar-refractivity contribution < 1.29 is 0 Å². The van der Waals surface area contributed by atoms with Gasteiger partial charge in [0.25, 0.3) is 5.56 Å². The van der Waals surface area contributed by atoms with Crippen LogP contribution in [0.4, 0.5) is 5.69 Å². The summed E-state index contributed by atoms with van der Waals surface area (Å²) in [4.78, 5) is 16.0. The molecule has 0 aliphatic heterocycles. The van der Waals surface area contributed by atoms with Crippen molar-refractivity contribution in [1.29, 1.82) is 0 Å². The van der Waals surface area contributed by atoms with Gasteiger partial charge in [0.15, 0.2) is 0 Å². The maximum absolute atomic E-state index is 12.1. The summed E-state index contributed by atoms with van der Waals surface area (Å²) in [5.41, 5.74) is 7.85. The van der Waals surface area contributed by atoms with E-state index in [-0.39, 0.29) is 5.56 Å². The van der Waals surface area contributed by atoms with Gasteiger partial charge < -0.3 is 10.3 Å². The molecule has 2 aromatic rings. The largest absolute Gasteiger partial charge is 0.397 e. The summed E-state index contributed by atoms with van der Waals surface area (Å²) in [6, 6.07) is 1.78. The Morgan fingerprint density at radius 1 is 1.56 bits per heavy atom. The zero-order valence-corrected chi connectivity index (χ0v) is 12.0. The third-order valence-corrected chi connectivity index (χ3v) is 3.98. The average molecular weight is 329 g/mol. The number of hydrogen-bond acceptors (Lipinski definition) is 3. The second-order valence-corrected chi connectivity index (χ2v) is 5.12. The Balaban J connectivity index is 2.48. The van der Waals surface area contributed by atoms with Gasteiger partial charge in [0.2, 0.25) is 0 Å². The third-order valence-electron chi connectivity index (χ3n) is 2.70. The lowest BCUT2D eigenvalue weighted by Crippen LogP contribution is -2.23. The van der Waals surface area contributed by atoms with Crippen LogP contribution in [0.3, 0.4) is 0 Å². The molecule has 2 N–H and O–H groups in total.